The van der Waals surface area contributed by atoms with E-state index in [1.165, 1.54) is 0 Å². The van der Waals surface area contributed by atoms with Gasteiger partial charge < -0.3 is 11.1 Å². The third-order valence-corrected chi connectivity index (χ3v) is 4.16. The topological polar surface area (TPSA) is 76.7 Å². The van der Waals surface area contributed by atoms with Crippen LogP contribution in [0, 0.1) is 0 Å². The van der Waals surface area contributed by atoms with Crippen LogP contribution in [-0.2, 0) is 6.42 Å². The molecule has 0 aliphatic carbocycles. The first-order valence-corrected chi connectivity index (χ1v) is 8.10. The average molecular weight is 381 g/mol. The van der Waals surface area contributed by atoms with Crippen LogP contribution in [0.1, 0.15) is 11.4 Å². The monoisotopic (exact) mass is 379 g/mol. The Morgan fingerprint density at radius 2 is 1.54 bits per heavy atom. The molecular weight excluding hydrogens is 369 g/mol. The Bertz CT molecular complexity index is 848. The van der Waals surface area contributed by atoms with E-state index in [4.69, 9.17) is 40.5 Å². The van der Waals surface area contributed by atoms with Crippen molar-refractivity contribution in [3.8, 4) is 0 Å². The van der Waals surface area contributed by atoms with Gasteiger partial charge in [0.05, 0.1) is 0 Å². The van der Waals surface area contributed by atoms with Crippen LogP contribution in [0.3, 0.4) is 0 Å². The number of hydrogen-bond acceptors (Lipinski definition) is 5. The molecule has 0 atom stereocenters. The molecule has 1 aromatic heterocycles. The molecule has 0 unspecified atom stereocenters. The Labute approximate surface area is 153 Å². The Morgan fingerprint density at radius 1 is 0.875 bits per heavy atom. The highest BCUT2D eigenvalue weighted by Crippen LogP contribution is 2.26. The van der Waals surface area contributed by atoms with E-state index in [1.807, 2.05) is 12.1 Å². The van der Waals surface area contributed by atoms with Crippen molar-refractivity contribution in [2.75, 3.05) is 11.1 Å². The molecule has 0 bridgehead atoms. The third-order valence-electron chi connectivity index (χ3n) is 3.20. The lowest BCUT2D eigenvalue weighted by atomic mass is 10.1. The summed E-state index contributed by atoms with van der Waals surface area (Å²) >= 11 is 18.2. The normalized spacial score (nSPS) is 10.6. The van der Waals surface area contributed by atoms with Gasteiger partial charge in [-0.05, 0) is 42.0 Å². The Hall–Kier alpha value is -2.08. The van der Waals surface area contributed by atoms with Gasteiger partial charge in [0, 0.05) is 27.2 Å². The molecule has 0 radical (unpaired) electrons. The van der Waals surface area contributed by atoms with Crippen molar-refractivity contribution in [2.24, 2.45) is 0 Å². The van der Waals surface area contributed by atoms with Crippen LogP contribution in [0.2, 0.25) is 15.1 Å². The lowest BCUT2D eigenvalue weighted by Crippen LogP contribution is -2.08. The number of nitrogen functional groups attached to an aromatic ring is 1. The van der Waals surface area contributed by atoms with Gasteiger partial charge in [-0.2, -0.15) is 15.0 Å². The van der Waals surface area contributed by atoms with Gasteiger partial charge >= 0.3 is 0 Å². The molecule has 3 aromatic rings. The molecule has 0 aliphatic rings. The van der Waals surface area contributed by atoms with Crippen LogP contribution >= 0.6 is 34.8 Å². The molecule has 24 heavy (non-hydrogen) atoms. The van der Waals surface area contributed by atoms with Crippen molar-refractivity contribution in [3.63, 3.8) is 0 Å². The molecule has 0 aliphatic heterocycles. The van der Waals surface area contributed by atoms with Crippen molar-refractivity contribution < 1.29 is 0 Å². The van der Waals surface area contributed by atoms with Crippen LogP contribution in [0.5, 0.6) is 0 Å². The second kappa shape index (κ2) is 7.21. The highest BCUT2D eigenvalue weighted by atomic mass is 35.5. The molecule has 0 saturated carbocycles. The fraction of sp³-hybridized carbons (Fsp3) is 0.0625. The van der Waals surface area contributed by atoms with Crippen LogP contribution in [0.4, 0.5) is 17.6 Å². The summed E-state index contributed by atoms with van der Waals surface area (Å²) < 4.78 is 0. The van der Waals surface area contributed by atoms with E-state index in [-0.39, 0.29) is 5.95 Å². The number of nitrogens with two attached hydrogens (primary N) is 1. The van der Waals surface area contributed by atoms with Gasteiger partial charge in [-0.25, -0.2) is 0 Å². The van der Waals surface area contributed by atoms with Gasteiger partial charge in [-0.3, -0.25) is 0 Å². The summed E-state index contributed by atoms with van der Waals surface area (Å²) in [6.07, 6.45) is 0.348. The molecule has 3 N–H and O–H groups in total. The fourth-order valence-electron chi connectivity index (χ4n) is 2.09. The smallest absolute Gasteiger partial charge is 0.232 e. The molecule has 0 spiro atoms. The van der Waals surface area contributed by atoms with Gasteiger partial charge in [0.2, 0.25) is 11.9 Å². The molecule has 5 nitrogen and oxygen atoms in total. The number of nitrogens with zero attached hydrogens (tertiary/aromatic N) is 3. The van der Waals surface area contributed by atoms with Crippen LogP contribution in [0.25, 0.3) is 0 Å². The van der Waals surface area contributed by atoms with Crippen molar-refractivity contribution in [1.82, 2.24) is 15.0 Å². The summed E-state index contributed by atoms with van der Waals surface area (Å²) in [5.74, 6) is 0.914. The summed E-state index contributed by atoms with van der Waals surface area (Å²) in [5, 5.41) is 4.80. The molecule has 8 heteroatoms. The maximum atomic E-state index is 6.19. The predicted octanol–water partition coefficient (Wildman–Crippen LogP) is 4.75. The van der Waals surface area contributed by atoms with Gasteiger partial charge in [0.1, 0.15) is 5.82 Å². The molecule has 1 heterocycles. The van der Waals surface area contributed by atoms with Crippen LogP contribution < -0.4 is 11.1 Å². The van der Waals surface area contributed by atoms with E-state index >= 15 is 0 Å². The minimum absolute atomic E-state index is 0.111. The Morgan fingerprint density at radius 3 is 2.21 bits per heavy atom. The van der Waals surface area contributed by atoms with Gasteiger partial charge in [0.25, 0.3) is 0 Å². The van der Waals surface area contributed by atoms with Gasteiger partial charge in [0.15, 0.2) is 0 Å². The SMILES string of the molecule is Nc1nc(Cc2c(Cl)cccc2Cl)nc(Nc2ccc(Cl)cc2)n1. The van der Waals surface area contributed by atoms with Crippen molar-refractivity contribution >= 4 is 52.4 Å². The zero-order valence-corrected chi connectivity index (χ0v) is 14.6. The standard InChI is InChI=1S/C16H12Cl3N5/c17-9-4-6-10(7-5-9)21-16-23-14(22-15(20)24-16)8-11-12(18)2-1-3-13(11)19/h1-7H,8H2,(H3,20,21,22,23,24). The highest BCUT2D eigenvalue weighted by Gasteiger charge is 2.11. The molecule has 0 saturated heterocycles. The average Bonchev–Trinajstić information content (AvgIpc) is 2.53. The minimum atomic E-state index is 0.111. The first kappa shape index (κ1) is 16.8. The fourth-order valence-corrected chi connectivity index (χ4v) is 2.75. The van der Waals surface area contributed by atoms with Crippen LogP contribution in [-0.4, -0.2) is 15.0 Å². The number of benzene rings is 2. The quantitative estimate of drug-likeness (QED) is 0.683. The molecule has 122 valence electrons. The van der Waals surface area contributed by atoms with E-state index in [2.05, 4.69) is 20.3 Å². The van der Waals surface area contributed by atoms with Gasteiger partial charge in [-0.1, -0.05) is 40.9 Å². The molecule has 0 amide bonds. The van der Waals surface area contributed by atoms with E-state index in [1.54, 1.807) is 30.3 Å². The number of rotatable bonds is 4. The van der Waals surface area contributed by atoms with Gasteiger partial charge in [-0.15, -0.1) is 0 Å². The van der Waals surface area contributed by atoms with E-state index < -0.39 is 0 Å². The van der Waals surface area contributed by atoms with Crippen molar-refractivity contribution in [1.29, 1.82) is 0 Å². The Kier molecular flexibility index (Phi) is 5.04. The molecule has 3 rings (SSSR count). The zero-order chi connectivity index (χ0) is 17.1. The lowest BCUT2D eigenvalue weighted by Gasteiger charge is -2.09. The van der Waals surface area contributed by atoms with Crippen LogP contribution in [0.15, 0.2) is 42.5 Å². The van der Waals surface area contributed by atoms with Crippen molar-refractivity contribution in [3.05, 3.63) is 68.9 Å². The Balaban J connectivity index is 1.87. The largest absolute Gasteiger partial charge is 0.368 e. The maximum absolute atomic E-state index is 6.19. The maximum Gasteiger partial charge on any atom is 0.232 e. The molecule has 0 fully saturated rings. The third kappa shape index (κ3) is 4.06. The molecule has 2 aromatic carbocycles. The number of hydrogen-bond donors (Lipinski definition) is 2. The number of halogens is 3. The number of anilines is 3. The zero-order valence-electron chi connectivity index (χ0n) is 12.3. The predicted molar refractivity (Wildman–Crippen MR) is 98.2 cm³/mol. The highest BCUT2D eigenvalue weighted by molar-refractivity contribution is 6.36. The first-order valence-electron chi connectivity index (χ1n) is 6.97. The number of aromatic nitrogens is 3. The minimum Gasteiger partial charge on any atom is -0.368 e. The summed E-state index contributed by atoms with van der Waals surface area (Å²) in [7, 11) is 0. The van der Waals surface area contributed by atoms with Crippen molar-refractivity contribution in [2.45, 2.75) is 6.42 Å². The van der Waals surface area contributed by atoms with E-state index in [0.29, 0.717) is 33.3 Å². The summed E-state index contributed by atoms with van der Waals surface area (Å²) in [6, 6.07) is 12.5. The lowest BCUT2D eigenvalue weighted by molar-refractivity contribution is 0.936. The summed E-state index contributed by atoms with van der Waals surface area (Å²) in [6.45, 7) is 0. The second-order valence-corrected chi connectivity index (χ2v) is 6.19. The van der Waals surface area contributed by atoms with E-state index in [9.17, 15) is 0 Å². The summed E-state index contributed by atoms with van der Waals surface area (Å²) in [4.78, 5) is 12.6. The molecular formula is C16H12Cl3N5. The second-order valence-electron chi connectivity index (χ2n) is 4.94. The summed E-state index contributed by atoms with van der Waals surface area (Å²) in [5.41, 5.74) is 7.30. The first-order chi connectivity index (χ1) is 11.5. The number of nitrogens with one attached hydrogen (secondary N) is 1. The van der Waals surface area contributed by atoms with E-state index in [0.717, 1.165) is 11.3 Å².